The molecular formula is C11H20N4. The Kier molecular flexibility index (Phi) is 3.36. The molecule has 1 aromatic heterocycles. The number of nitrogens with one attached hydrogen (secondary N) is 2. The van der Waals surface area contributed by atoms with Crippen LogP contribution < -0.4 is 5.32 Å². The Labute approximate surface area is 90.9 Å². The Morgan fingerprint density at radius 1 is 1.27 bits per heavy atom. The molecule has 0 spiro atoms. The van der Waals surface area contributed by atoms with Gasteiger partial charge in [0.1, 0.15) is 5.82 Å². The van der Waals surface area contributed by atoms with Gasteiger partial charge in [-0.2, -0.15) is 5.10 Å². The van der Waals surface area contributed by atoms with Crippen molar-refractivity contribution in [2.24, 2.45) is 0 Å². The molecule has 0 aromatic carbocycles. The normalized spacial score (nSPS) is 23.0. The first-order chi connectivity index (χ1) is 7.27. The van der Waals surface area contributed by atoms with Crippen molar-refractivity contribution in [2.75, 3.05) is 13.1 Å². The van der Waals surface area contributed by atoms with Crippen molar-refractivity contribution >= 4 is 0 Å². The predicted octanol–water partition coefficient (Wildman–Crippen LogP) is 1.79. The minimum atomic E-state index is 0.416. The third kappa shape index (κ3) is 2.56. The van der Waals surface area contributed by atoms with E-state index in [0.29, 0.717) is 11.8 Å². The number of rotatable bonds is 2. The minimum Gasteiger partial charge on any atom is -0.317 e. The van der Waals surface area contributed by atoms with Crippen molar-refractivity contribution in [1.29, 1.82) is 0 Å². The maximum absolute atomic E-state index is 4.58. The summed E-state index contributed by atoms with van der Waals surface area (Å²) in [4.78, 5) is 4.58. The van der Waals surface area contributed by atoms with E-state index in [9.17, 15) is 0 Å². The standard InChI is InChI=1S/C11H20N4/c1-8(2)10-13-11(15-14-10)9-4-3-6-12-7-5-9/h8-9,12H,3-7H2,1-2H3,(H,13,14,15). The zero-order valence-electron chi connectivity index (χ0n) is 9.58. The van der Waals surface area contributed by atoms with Gasteiger partial charge in [-0.3, -0.25) is 5.10 Å². The van der Waals surface area contributed by atoms with Gasteiger partial charge >= 0.3 is 0 Å². The lowest BCUT2D eigenvalue weighted by Crippen LogP contribution is -2.14. The topological polar surface area (TPSA) is 53.6 Å². The molecule has 0 bridgehead atoms. The predicted molar refractivity (Wildman–Crippen MR) is 59.9 cm³/mol. The van der Waals surface area contributed by atoms with Crippen molar-refractivity contribution in [2.45, 2.75) is 44.9 Å². The monoisotopic (exact) mass is 208 g/mol. The molecular weight excluding hydrogens is 188 g/mol. The molecule has 0 amide bonds. The molecule has 84 valence electrons. The zero-order valence-corrected chi connectivity index (χ0v) is 9.58. The van der Waals surface area contributed by atoms with Gasteiger partial charge in [0, 0.05) is 11.8 Å². The van der Waals surface area contributed by atoms with Gasteiger partial charge in [0.25, 0.3) is 0 Å². The fourth-order valence-corrected chi connectivity index (χ4v) is 2.02. The van der Waals surface area contributed by atoms with E-state index in [2.05, 4.69) is 34.3 Å². The minimum absolute atomic E-state index is 0.416. The molecule has 1 saturated heterocycles. The van der Waals surface area contributed by atoms with Crippen LogP contribution in [0.1, 0.15) is 56.6 Å². The van der Waals surface area contributed by atoms with Crippen LogP contribution in [0.4, 0.5) is 0 Å². The van der Waals surface area contributed by atoms with Gasteiger partial charge < -0.3 is 5.32 Å². The van der Waals surface area contributed by atoms with Crippen LogP contribution in [0.15, 0.2) is 0 Å². The van der Waals surface area contributed by atoms with Crippen LogP contribution in [0.3, 0.4) is 0 Å². The van der Waals surface area contributed by atoms with Crippen LogP contribution in [0.5, 0.6) is 0 Å². The van der Waals surface area contributed by atoms with Crippen molar-refractivity contribution < 1.29 is 0 Å². The van der Waals surface area contributed by atoms with E-state index in [1.165, 1.54) is 19.3 Å². The number of nitrogens with zero attached hydrogens (tertiary/aromatic N) is 2. The van der Waals surface area contributed by atoms with Crippen molar-refractivity contribution in [3.8, 4) is 0 Å². The summed E-state index contributed by atoms with van der Waals surface area (Å²) in [6.45, 7) is 6.49. The van der Waals surface area contributed by atoms with Gasteiger partial charge in [-0.1, -0.05) is 13.8 Å². The van der Waals surface area contributed by atoms with Crippen LogP contribution in [0.2, 0.25) is 0 Å². The summed E-state index contributed by atoms with van der Waals surface area (Å²) in [5, 5.41) is 10.8. The molecule has 15 heavy (non-hydrogen) atoms. The van der Waals surface area contributed by atoms with E-state index in [0.717, 1.165) is 24.7 Å². The molecule has 4 nitrogen and oxygen atoms in total. The molecule has 0 aliphatic carbocycles. The summed E-state index contributed by atoms with van der Waals surface area (Å²) < 4.78 is 0. The molecule has 2 rings (SSSR count). The molecule has 2 N–H and O–H groups in total. The van der Waals surface area contributed by atoms with Gasteiger partial charge in [-0.25, -0.2) is 4.98 Å². The summed E-state index contributed by atoms with van der Waals surface area (Å²) in [6, 6.07) is 0. The molecule has 0 radical (unpaired) electrons. The number of hydrogen-bond acceptors (Lipinski definition) is 3. The second kappa shape index (κ2) is 4.75. The first kappa shape index (κ1) is 10.6. The molecule has 1 atom stereocenters. The van der Waals surface area contributed by atoms with Crippen LogP contribution in [0, 0.1) is 0 Å². The van der Waals surface area contributed by atoms with Crippen molar-refractivity contribution in [1.82, 2.24) is 20.5 Å². The Morgan fingerprint density at radius 3 is 2.87 bits per heavy atom. The summed E-state index contributed by atoms with van der Waals surface area (Å²) in [6.07, 6.45) is 3.63. The lowest BCUT2D eigenvalue weighted by molar-refractivity contribution is 0.577. The Hall–Kier alpha value is -0.900. The van der Waals surface area contributed by atoms with Crippen LogP contribution in [-0.2, 0) is 0 Å². The van der Waals surface area contributed by atoms with E-state index in [4.69, 9.17) is 0 Å². The van der Waals surface area contributed by atoms with E-state index < -0.39 is 0 Å². The zero-order chi connectivity index (χ0) is 10.7. The molecule has 0 saturated carbocycles. The molecule has 4 heteroatoms. The van der Waals surface area contributed by atoms with Crippen molar-refractivity contribution in [3.05, 3.63) is 11.6 Å². The highest BCUT2D eigenvalue weighted by Crippen LogP contribution is 2.23. The highest BCUT2D eigenvalue weighted by Gasteiger charge is 2.18. The maximum atomic E-state index is 4.58. The average molecular weight is 208 g/mol. The molecule has 2 heterocycles. The van der Waals surface area contributed by atoms with Gasteiger partial charge in [0.05, 0.1) is 0 Å². The third-order valence-corrected chi connectivity index (χ3v) is 3.00. The average Bonchev–Trinajstić information content (AvgIpc) is 2.55. The molecule has 1 aliphatic rings. The number of aromatic amines is 1. The van der Waals surface area contributed by atoms with E-state index in [1.807, 2.05) is 0 Å². The first-order valence-electron chi connectivity index (χ1n) is 5.90. The Bertz CT molecular complexity index is 297. The third-order valence-electron chi connectivity index (χ3n) is 3.00. The molecule has 1 aromatic rings. The smallest absolute Gasteiger partial charge is 0.153 e. The fourth-order valence-electron chi connectivity index (χ4n) is 2.02. The van der Waals surface area contributed by atoms with E-state index in [-0.39, 0.29) is 0 Å². The molecule has 1 aliphatic heterocycles. The van der Waals surface area contributed by atoms with E-state index >= 15 is 0 Å². The highest BCUT2D eigenvalue weighted by atomic mass is 15.2. The largest absolute Gasteiger partial charge is 0.317 e. The fraction of sp³-hybridized carbons (Fsp3) is 0.818. The maximum Gasteiger partial charge on any atom is 0.153 e. The summed E-state index contributed by atoms with van der Waals surface area (Å²) in [5.41, 5.74) is 0. The van der Waals surface area contributed by atoms with E-state index in [1.54, 1.807) is 0 Å². The second-order valence-corrected chi connectivity index (χ2v) is 4.61. The Balaban J connectivity index is 2.06. The summed E-state index contributed by atoms with van der Waals surface area (Å²) in [5.74, 6) is 3.02. The SMILES string of the molecule is CC(C)c1n[nH]c(C2CCCNCC2)n1. The first-order valence-corrected chi connectivity index (χ1v) is 5.90. The van der Waals surface area contributed by atoms with Crippen LogP contribution in [-0.4, -0.2) is 28.3 Å². The van der Waals surface area contributed by atoms with Gasteiger partial charge in [0.2, 0.25) is 0 Å². The Morgan fingerprint density at radius 2 is 2.13 bits per heavy atom. The molecule has 1 fully saturated rings. The van der Waals surface area contributed by atoms with Crippen LogP contribution >= 0.6 is 0 Å². The van der Waals surface area contributed by atoms with Gasteiger partial charge in [-0.05, 0) is 32.4 Å². The highest BCUT2D eigenvalue weighted by molar-refractivity contribution is 5.01. The number of H-pyrrole nitrogens is 1. The molecule has 1 unspecified atom stereocenters. The summed E-state index contributed by atoms with van der Waals surface area (Å²) >= 11 is 0. The number of hydrogen-bond donors (Lipinski definition) is 2. The van der Waals surface area contributed by atoms with Crippen LogP contribution in [0.25, 0.3) is 0 Å². The van der Waals surface area contributed by atoms with Gasteiger partial charge in [0.15, 0.2) is 5.82 Å². The van der Waals surface area contributed by atoms with Crippen molar-refractivity contribution in [3.63, 3.8) is 0 Å². The quantitative estimate of drug-likeness (QED) is 0.779. The summed E-state index contributed by atoms with van der Waals surface area (Å²) in [7, 11) is 0. The lowest BCUT2D eigenvalue weighted by Gasteiger charge is -2.08. The lowest BCUT2D eigenvalue weighted by atomic mass is 10.0. The van der Waals surface area contributed by atoms with Gasteiger partial charge in [-0.15, -0.1) is 0 Å². The number of aromatic nitrogens is 3. The second-order valence-electron chi connectivity index (χ2n) is 4.61.